The summed E-state index contributed by atoms with van der Waals surface area (Å²) in [5.41, 5.74) is 10.5. The molecule has 0 radical (unpaired) electrons. The second-order valence-corrected chi connectivity index (χ2v) is 5.03. The largest absolute Gasteiger partial charge is 0.367 e. The molecular formula is C16H13ClN2O. The molecule has 20 heavy (non-hydrogen) atoms. The van der Waals surface area contributed by atoms with Crippen molar-refractivity contribution in [1.29, 1.82) is 0 Å². The van der Waals surface area contributed by atoms with Gasteiger partial charge in [-0.05, 0) is 30.2 Å². The number of rotatable bonds is 2. The fraction of sp³-hybridized carbons (Fsp3) is 0.0625. The highest BCUT2D eigenvalue weighted by Gasteiger charge is 2.18. The van der Waals surface area contributed by atoms with Gasteiger partial charge in [0.1, 0.15) is 5.69 Å². The van der Waals surface area contributed by atoms with Crippen molar-refractivity contribution < 1.29 is 4.52 Å². The number of anilines is 1. The molecule has 1 heterocycles. The zero-order valence-electron chi connectivity index (χ0n) is 10.9. The van der Waals surface area contributed by atoms with Crippen LogP contribution < -0.4 is 5.73 Å². The summed E-state index contributed by atoms with van der Waals surface area (Å²) >= 11 is 6.00. The van der Waals surface area contributed by atoms with E-state index in [1.165, 1.54) is 0 Å². The van der Waals surface area contributed by atoms with Crippen LogP contribution in [0.4, 0.5) is 5.88 Å². The first-order chi connectivity index (χ1) is 9.66. The van der Waals surface area contributed by atoms with E-state index in [0.717, 1.165) is 27.9 Å². The molecule has 4 heteroatoms. The summed E-state index contributed by atoms with van der Waals surface area (Å²) in [5, 5.41) is 4.81. The molecule has 100 valence electrons. The summed E-state index contributed by atoms with van der Waals surface area (Å²) in [4.78, 5) is 0. The van der Waals surface area contributed by atoms with Crippen LogP contribution in [0.2, 0.25) is 5.02 Å². The Morgan fingerprint density at radius 3 is 2.55 bits per heavy atom. The molecule has 0 spiro atoms. The molecular weight excluding hydrogens is 272 g/mol. The standard InChI is InChI=1S/C16H13ClN2O/c1-10-9-12(17)7-8-13(10)15-14(16(18)20-19-15)11-5-3-2-4-6-11/h2-9H,18H2,1H3. The lowest BCUT2D eigenvalue weighted by Crippen LogP contribution is -1.89. The summed E-state index contributed by atoms with van der Waals surface area (Å²) in [6, 6.07) is 15.5. The Morgan fingerprint density at radius 1 is 1.10 bits per heavy atom. The van der Waals surface area contributed by atoms with E-state index in [1.807, 2.05) is 55.5 Å². The maximum Gasteiger partial charge on any atom is 0.230 e. The van der Waals surface area contributed by atoms with Gasteiger partial charge in [-0.2, -0.15) is 0 Å². The molecule has 0 aliphatic carbocycles. The molecule has 0 saturated carbocycles. The second kappa shape index (κ2) is 5.02. The third kappa shape index (κ3) is 2.17. The zero-order valence-corrected chi connectivity index (χ0v) is 11.7. The highest BCUT2D eigenvalue weighted by atomic mass is 35.5. The monoisotopic (exact) mass is 284 g/mol. The van der Waals surface area contributed by atoms with Crippen LogP contribution in [-0.2, 0) is 0 Å². The van der Waals surface area contributed by atoms with Gasteiger partial charge < -0.3 is 10.3 Å². The lowest BCUT2D eigenvalue weighted by Gasteiger charge is -2.06. The molecule has 3 nitrogen and oxygen atoms in total. The molecule has 3 rings (SSSR count). The molecule has 2 N–H and O–H groups in total. The maximum absolute atomic E-state index is 6.00. The average molecular weight is 285 g/mol. The SMILES string of the molecule is Cc1cc(Cl)ccc1-c1noc(N)c1-c1ccccc1. The Bertz CT molecular complexity index is 750. The number of aromatic nitrogens is 1. The number of benzene rings is 2. The first kappa shape index (κ1) is 12.8. The van der Waals surface area contributed by atoms with E-state index in [1.54, 1.807) is 0 Å². The predicted octanol–water partition coefficient (Wildman–Crippen LogP) is 4.55. The zero-order chi connectivity index (χ0) is 14.1. The van der Waals surface area contributed by atoms with Gasteiger partial charge in [-0.25, -0.2) is 0 Å². The van der Waals surface area contributed by atoms with Crippen LogP contribution in [0.15, 0.2) is 53.1 Å². The molecule has 0 unspecified atom stereocenters. The van der Waals surface area contributed by atoms with Gasteiger partial charge in [0.15, 0.2) is 0 Å². The van der Waals surface area contributed by atoms with E-state index < -0.39 is 0 Å². The number of hydrogen-bond acceptors (Lipinski definition) is 3. The minimum Gasteiger partial charge on any atom is -0.367 e. The molecule has 0 bridgehead atoms. The topological polar surface area (TPSA) is 52.0 Å². The van der Waals surface area contributed by atoms with Crippen molar-refractivity contribution in [3.63, 3.8) is 0 Å². The van der Waals surface area contributed by atoms with E-state index in [-0.39, 0.29) is 0 Å². The third-order valence-electron chi connectivity index (χ3n) is 3.22. The summed E-state index contributed by atoms with van der Waals surface area (Å²) in [6.07, 6.45) is 0. The van der Waals surface area contributed by atoms with Gasteiger partial charge in [-0.1, -0.05) is 53.2 Å². The molecule has 0 saturated heterocycles. The molecule has 0 amide bonds. The van der Waals surface area contributed by atoms with Crippen LogP contribution in [0.5, 0.6) is 0 Å². The first-order valence-corrected chi connectivity index (χ1v) is 6.61. The number of nitrogens with zero attached hydrogens (tertiary/aromatic N) is 1. The lowest BCUT2D eigenvalue weighted by molar-refractivity contribution is 0.439. The van der Waals surface area contributed by atoms with E-state index in [9.17, 15) is 0 Å². The van der Waals surface area contributed by atoms with Crippen LogP contribution in [0.25, 0.3) is 22.4 Å². The molecule has 0 aliphatic heterocycles. The number of hydrogen-bond donors (Lipinski definition) is 1. The Labute approximate surface area is 122 Å². The molecule has 1 aromatic heterocycles. The first-order valence-electron chi connectivity index (χ1n) is 6.24. The number of nitrogen functional groups attached to an aromatic ring is 1. The maximum atomic E-state index is 6.00. The van der Waals surface area contributed by atoms with Crippen LogP contribution in [0.3, 0.4) is 0 Å². The highest BCUT2D eigenvalue weighted by molar-refractivity contribution is 6.30. The smallest absolute Gasteiger partial charge is 0.230 e. The lowest BCUT2D eigenvalue weighted by atomic mass is 9.98. The van der Waals surface area contributed by atoms with Gasteiger partial charge in [0.25, 0.3) is 0 Å². The molecule has 2 aromatic carbocycles. The van der Waals surface area contributed by atoms with Crippen molar-refractivity contribution in [3.05, 3.63) is 59.1 Å². The fourth-order valence-electron chi connectivity index (χ4n) is 2.26. The third-order valence-corrected chi connectivity index (χ3v) is 3.46. The van der Waals surface area contributed by atoms with Gasteiger partial charge >= 0.3 is 0 Å². The van der Waals surface area contributed by atoms with Crippen molar-refractivity contribution in [1.82, 2.24) is 5.16 Å². The van der Waals surface area contributed by atoms with E-state index in [4.69, 9.17) is 21.9 Å². The van der Waals surface area contributed by atoms with Crippen molar-refractivity contribution in [2.45, 2.75) is 6.92 Å². The molecule has 0 atom stereocenters. The quantitative estimate of drug-likeness (QED) is 0.751. The van der Waals surface area contributed by atoms with Gasteiger partial charge in [0.05, 0.1) is 5.56 Å². The predicted molar refractivity (Wildman–Crippen MR) is 81.5 cm³/mol. The van der Waals surface area contributed by atoms with Crippen molar-refractivity contribution in [3.8, 4) is 22.4 Å². The van der Waals surface area contributed by atoms with Gasteiger partial charge in [0.2, 0.25) is 5.88 Å². The highest BCUT2D eigenvalue weighted by Crippen LogP contribution is 2.37. The summed E-state index contributed by atoms with van der Waals surface area (Å²) in [6.45, 7) is 1.99. The normalized spacial score (nSPS) is 10.7. The van der Waals surface area contributed by atoms with Crippen LogP contribution >= 0.6 is 11.6 Å². The number of aryl methyl sites for hydroxylation is 1. The fourth-order valence-corrected chi connectivity index (χ4v) is 2.49. The molecule has 0 aliphatic rings. The average Bonchev–Trinajstić information content (AvgIpc) is 2.81. The van der Waals surface area contributed by atoms with Crippen molar-refractivity contribution in [2.24, 2.45) is 0 Å². The van der Waals surface area contributed by atoms with E-state index in [2.05, 4.69) is 5.16 Å². The molecule has 0 fully saturated rings. The summed E-state index contributed by atoms with van der Waals surface area (Å²) < 4.78 is 5.18. The van der Waals surface area contributed by atoms with Crippen molar-refractivity contribution >= 4 is 17.5 Å². The Hall–Kier alpha value is -2.26. The van der Waals surface area contributed by atoms with E-state index in [0.29, 0.717) is 10.9 Å². The van der Waals surface area contributed by atoms with Gasteiger partial charge in [0, 0.05) is 10.6 Å². The van der Waals surface area contributed by atoms with Gasteiger partial charge in [-0.3, -0.25) is 0 Å². The summed E-state index contributed by atoms with van der Waals surface area (Å²) in [5.74, 6) is 0.320. The Kier molecular flexibility index (Phi) is 3.20. The van der Waals surface area contributed by atoms with Gasteiger partial charge in [-0.15, -0.1) is 0 Å². The number of nitrogens with two attached hydrogens (primary N) is 1. The van der Waals surface area contributed by atoms with Crippen LogP contribution in [0.1, 0.15) is 5.56 Å². The summed E-state index contributed by atoms with van der Waals surface area (Å²) in [7, 11) is 0. The Morgan fingerprint density at radius 2 is 1.85 bits per heavy atom. The van der Waals surface area contributed by atoms with E-state index >= 15 is 0 Å². The van der Waals surface area contributed by atoms with Crippen molar-refractivity contribution in [2.75, 3.05) is 5.73 Å². The minimum atomic E-state index is 0.320. The van der Waals surface area contributed by atoms with Crippen LogP contribution in [0, 0.1) is 6.92 Å². The van der Waals surface area contributed by atoms with Crippen LogP contribution in [-0.4, -0.2) is 5.16 Å². The second-order valence-electron chi connectivity index (χ2n) is 4.60. The minimum absolute atomic E-state index is 0.320. The Balaban J connectivity index is 2.21. The number of halogens is 1. The molecule has 3 aromatic rings.